The Balaban J connectivity index is 2.14. The lowest BCUT2D eigenvalue weighted by Crippen LogP contribution is -2.23. The molecule has 0 aliphatic rings. The van der Waals surface area contributed by atoms with Gasteiger partial charge in [0.2, 0.25) is 10.0 Å². The Morgan fingerprint density at radius 1 is 1.37 bits per heavy atom. The molecule has 0 saturated carbocycles. The molecule has 1 aromatic heterocycles. The van der Waals surface area contributed by atoms with Crippen LogP contribution < -0.4 is 10.5 Å². The molecule has 0 atom stereocenters. The van der Waals surface area contributed by atoms with E-state index in [-0.39, 0.29) is 17.3 Å². The molecule has 2 rings (SSSR count). The van der Waals surface area contributed by atoms with Crippen LogP contribution in [0.1, 0.15) is 5.56 Å². The lowest BCUT2D eigenvalue weighted by atomic mass is 10.2. The lowest BCUT2D eigenvalue weighted by molar-refractivity contribution is 0.581. The van der Waals surface area contributed by atoms with E-state index in [0.717, 1.165) is 5.56 Å². The smallest absolute Gasteiger partial charge is 0.246 e. The van der Waals surface area contributed by atoms with Crippen LogP contribution in [0.4, 0.5) is 5.82 Å². The van der Waals surface area contributed by atoms with Crippen LogP contribution in [0.5, 0.6) is 0 Å². The second kappa shape index (κ2) is 5.20. The molecule has 102 valence electrons. The quantitative estimate of drug-likeness (QED) is 0.886. The number of hydrogen-bond acceptors (Lipinski definition) is 4. The number of nitrogens with zero attached hydrogens (tertiary/aromatic N) is 2. The summed E-state index contributed by atoms with van der Waals surface area (Å²) >= 11 is 5.75. The van der Waals surface area contributed by atoms with Crippen LogP contribution >= 0.6 is 11.6 Å². The SMILES string of the molecule is Cn1ncc(S(=O)(=O)NCc2ccc(Cl)cc2)c1N. The van der Waals surface area contributed by atoms with E-state index in [1.165, 1.54) is 10.9 Å². The van der Waals surface area contributed by atoms with Crippen LogP contribution in [0.15, 0.2) is 35.4 Å². The molecule has 1 aromatic carbocycles. The standard InChI is InChI=1S/C11H13ClN4O2S/c1-16-11(13)10(7-14-16)19(17,18)15-6-8-2-4-9(12)5-3-8/h2-5,7,15H,6,13H2,1H3. The van der Waals surface area contributed by atoms with Crippen molar-refractivity contribution in [1.82, 2.24) is 14.5 Å². The predicted octanol–water partition coefficient (Wildman–Crippen LogP) is 1.13. The topological polar surface area (TPSA) is 90.0 Å². The van der Waals surface area contributed by atoms with Crippen molar-refractivity contribution in [3.63, 3.8) is 0 Å². The highest BCUT2D eigenvalue weighted by molar-refractivity contribution is 7.89. The van der Waals surface area contributed by atoms with Crippen molar-refractivity contribution in [2.24, 2.45) is 7.05 Å². The van der Waals surface area contributed by atoms with Crippen molar-refractivity contribution < 1.29 is 8.42 Å². The summed E-state index contributed by atoms with van der Waals surface area (Å²) in [5.74, 6) is 0.101. The van der Waals surface area contributed by atoms with Crippen LogP contribution in [-0.2, 0) is 23.6 Å². The second-order valence-corrected chi connectivity index (χ2v) is 6.14. The average Bonchev–Trinajstić information content (AvgIpc) is 2.70. The van der Waals surface area contributed by atoms with Crippen molar-refractivity contribution in [3.8, 4) is 0 Å². The van der Waals surface area contributed by atoms with Gasteiger partial charge in [0.15, 0.2) is 0 Å². The summed E-state index contributed by atoms with van der Waals surface area (Å²) in [6, 6.07) is 6.89. The fraction of sp³-hybridized carbons (Fsp3) is 0.182. The van der Waals surface area contributed by atoms with Crippen molar-refractivity contribution in [1.29, 1.82) is 0 Å². The summed E-state index contributed by atoms with van der Waals surface area (Å²) in [6.45, 7) is 0.161. The van der Waals surface area contributed by atoms with E-state index < -0.39 is 10.0 Å². The van der Waals surface area contributed by atoms with E-state index in [1.54, 1.807) is 31.3 Å². The number of nitrogens with one attached hydrogen (secondary N) is 1. The molecule has 2 aromatic rings. The minimum atomic E-state index is -3.67. The van der Waals surface area contributed by atoms with E-state index in [9.17, 15) is 8.42 Å². The molecule has 0 unspecified atom stereocenters. The number of anilines is 1. The van der Waals surface area contributed by atoms with Gasteiger partial charge in [0, 0.05) is 18.6 Å². The maximum absolute atomic E-state index is 12.0. The molecule has 3 N–H and O–H groups in total. The monoisotopic (exact) mass is 300 g/mol. The highest BCUT2D eigenvalue weighted by Gasteiger charge is 2.20. The van der Waals surface area contributed by atoms with Crippen molar-refractivity contribution in [3.05, 3.63) is 41.0 Å². The summed E-state index contributed by atoms with van der Waals surface area (Å²) in [5, 5.41) is 4.40. The van der Waals surface area contributed by atoms with Gasteiger partial charge in [0.25, 0.3) is 0 Å². The van der Waals surface area contributed by atoms with Gasteiger partial charge in [-0.3, -0.25) is 4.68 Å². The third kappa shape index (κ3) is 3.06. The van der Waals surface area contributed by atoms with Crippen LogP contribution in [0.2, 0.25) is 5.02 Å². The fourth-order valence-corrected chi connectivity index (χ4v) is 2.72. The number of nitrogens with two attached hydrogens (primary N) is 1. The van der Waals surface area contributed by atoms with E-state index in [2.05, 4.69) is 9.82 Å². The Kier molecular flexibility index (Phi) is 3.79. The number of nitrogen functional groups attached to an aromatic ring is 1. The van der Waals surface area contributed by atoms with Gasteiger partial charge in [-0.15, -0.1) is 0 Å². The number of hydrogen-bond donors (Lipinski definition) is 2. The second-order valence-electron chi connectivity index (χ2n) is 3.97. The molecule has 8 heteroatoms. The Morgan fingerprint density at radius 3 is 2.53 bits per heavy atom. The summed E-state index contributed by atoms with van der Waals surface area (Å²) in [5.41, 5.74) is 6.44. The maximum atomic E-state index is 12.0. The first-order valence-electron chi connectivity index (χ1n) is 5.42. The summed E-state index contributed by atoms with van der Waals surface area (Å²) in [6.07, 6.45) is 1.22. The molecule has 0 aliphatic heterocycles. The number of halogens is 1. The molecule has 0 bridgehead atoms. The Morgan fingerprint density at radius 2 is 2.00 bits per heavy atom. The first-order chi connectivity index (χ1) is 8.90. The van der Waals surface area contributed by atoms with Crippen molar-refractivity contribution in [2.75, 3.05) is 5.73 Å². The molecule has 6 nitrogen and oxygen atoms in total. The summed E-state index contributed by atoms with van der Waals surface area (Å²) < 4.78 is 27.8. The zero-order valence-electron chi connectivity index (χ0n) is 10.2. The van der Waals surface area contributed by atoms with Gasteiger partial charge < -0.3 is 5.73 Å². The first kappa shape index (κ1) is 13.9. The van der Waals surface area contributed by atoms with Crippen molar-refractivity contribution >= 4 is 27.4 Å². The number of rotatable bonds is 4. The summed E-state index contributed by atoms with van der Waals surface area (Å²) in [4.78, 5) is -0.0241. The summed E-state index contributed by atoms with van der Waals surface area (Å²) in [7, 11) is -2.09. The van der Waals surface area contributed by atoms with Crippen LogP contribution in [0, 0.1) is 0 Å². The first-order valence-corrected chi connectivity index (χ1v) is 7.28. The minimum absolute atomic E-state index is 0.0241. The Bertz CT molecular complexity index is 679. The van der Waals surface area contributed by atoms with E-state index in [1.807, 2.05) is 0 Å². The Labute approximate surface area is 116 Å². The molecule has 0 radical (unpaired) electrons. The molecule has 1 heterocycles. The molecule has 19 heavy (non-hydrogen) atoms. The largest absolute Gasteiger partial charge is 0.383 e. The zero-order chi connectivity index (χ0) is 14.0. The molecular weight excluding hydrogens is 288 g/mol. The minimum Gasteiger partial charge on any atom is -0.383 e. The molecule has 0 fully saturated rings. The highest BCUT2D eigenvalue weighted by Crippen LogP contribution is 2.16. The fourth-order valence-electron chi connectivity index (χ4n) is 1.49. The number of aryl methyl sites for hydroxylation is 1. The average molecular weight is 301 g/mol. The lowest BCUT2D eigenvalue weighted by Gasteiger charge is -2.06. The Hall–Kier alpha value is -1.57. The molecular formula is C11H13ClN4O2S. The molecule has 0 amide bonds. The van der Waals surface area contributed by atoms with Crippen molar-refractivity contribution in [2.45, 2.75) is 11.4 Å². The van der Waals surface area contributed by atoms with Gasteiger partial charge in [-0.1, -0.05) is 23.7 Å². The van der Waals surface area contributed by atoms with Gasteiger partial charge in [0.05, 0.1) is 6.20 Å². The van der Waals surface area contributed by atoms with Gasteiger partial charge in [-0.2, -0.15) is 5.10 Å². The van der Waals surface area contributed by atoms with E-state index in [4.69, 9.17) is 17.3 Å². The van der Waals surface area contributed by atoms with Gasteiger partial charge in [0.1, 0.15) is 10.7 Å². The van der Waals surface area contributed by atoms with Crippen LogP contribution in [-0.4, -0.2) is 18.2 Å². The normalized spacial score (nSPS) is 11.7. The van der Waals surface area contributed by atoms with Gasteiger partial charge in [-0.05, 0) is 17.7 Å². The molecule has 0 saturated heterocycles. The number of benzene rings is 1. The molecule has 0 spiro atoms. The third-order valence-electron chi connectivity index (χ3n) is 2.62. The van der Waals surface area contributed by atoms with Crippen LogP contribution in [0.25, 0.3) is 0 Å². The number of sulfonamides is 1. The van der Waals surface area contributed by atoms with E-state index in [0.29, 0.717) is 5.02 Å². The van der Waals surface area contributed by atoms with Crippen LogP contribution in [0.3, 0.4) is 0 Å². The zero-order valence-corrected chi connectivity index (χ0v) is 11.7. The van der Waals surface area contributed by atoms with Gasteiger partial charge >= 0.3 is 0 Å². The predicted molar refractivity (Wildman–Crippen MR) is 73.1 cm³/mol. The molecule has 0 aliphatic carbocycles. The van der Waals surface area contributed by atoms with E-state index >= 15 is 0 Å². The van der Waals surface area contributed by atoms with Gasteiger partial charge in [-0.25, -0.2) is 13.1 Å². The number of aromatic nitrogens is 2. The highest BCUT2D eigenvalue weighted by atomic mass is 35.5. The third-order valence-corrected chi connectivity index (χ3v) is 4.29. The maximum Gasteiger partial charge on any atom is 0.246 e.